The Morgan fingerprint density at radius 2 is 1.88 bits per heavy atom. The van der Waals surface area contributed by atoms with Gasteiger partial charge in [-0.05, 0) is 26.0 Å². The molecule has 1 aliphatic heterocycles. The molecule has 2 rings (SSSR count). The second-order valence-electron chi connectivity index (χ2n) is 6.03. The minimum atomic E-state index is -0.695. The molecule has 5 nitrogen and oxygen atoms in total. The fourth-order valence-electron chi connectivity index (χ4n) is 2.50. The molecule has 0 radical (unpaired) electrons. The molecule has 1 fully saturated rings. The van der Waals surface area contributed by atoms with Crippen LogP contribution in [0.15, 0.2) is 22.7 Å². The highest BCUT2D eigenvalue weighted by atomic mass is 79.9. The van der Waals surface area contributed by atoms with Gasteiger partial charge in [-0.3, -0.25) is 19.4 Å². The van der Waals surface area contributed by atoms with Crippen molar-refractivity contribution in [2.45, 2.75) is 26.5 Å². The Hall–Kier alpha value is -1.31. The zero-order chi connectivity index (χ0) is 17.7. The van der Waals surface area contributed by atoms with Crippen LogP contribution >= 0.6 is 15.9 Å². The zero-order valence-electron chi connectivity index (χ0n) is 13.9. The van der Waals surface area contributed by atoms with Crippen LogP contribution in [0.4, 0.5) is 4.39 Å². The number of benzene rings is 1. The Balaban J connectivity index is 1.77. The number of esters is 1. The number of carbonyl (C=O) groups excluding carboxylic acids is 2. The van der Waals surface area contributed by atoms with Crippen molar-refractivity contribution in [3.63, 3.8) is 0 Å². The number of rotatable bonds is 6. The van der Waals surface area contributed by atoms with Crippen molar-refractivity contribution in [1.82, 2.24) is 9.80 Å². The molecule has 0 spiro atoms. The van der Waals surface area contributed by atoms with Gasteiger partial charge in [0.15, 0.2) is 11.9 Å². The van der Waals surface area contributed by atoms with Gasteiger partial charge in [0.2, 0.25) is 0 Å². The summed E-state index contributed by atoms with van der Waals surface area (Å²) in [6, 6.07) is 5.09. The molecule has 7 heteroatoms. The van der Waals surface area contributed by atoms with E-state index in [1.807, 2.05) is 11.0 Å². The second kappa shape index (κ2) is 8.69. The van der Waals surface area contributed by atoms with Gasteiger partial charge < -0.3 is 4.74 Å². The number of hydrogen-bond donors (Lipinski definition) is 0. The molecular weight excluding hydrogens is 379 g/mol. The molecule has 0 aliphatic carbocycles. The van der Waals surface area contributed by atoms with Crippen LogP contribution in [0, 0.1) is 5.82 Å². The van der Waals surface area contributed by atoms with Crippen LogP contribution in [0.5, 0.6) is 0 Å². The predicted molar refractivity (Wildman–Crippen MR) is 92.1 cm³/mol. The monoisotopic (exact) mass is 400 g/mol. The maximum Gasteiger partial charge on any atom is 0.320 e. The van der Waals surface area contributed by atoms with Gasteiger partial charge >= 0.3 is 5.97 Å². The summed E-state index contributed by atoms with van der Waals surface area (Å²) in [7, 11) is 0. The normalized spacial score (nSPS) is 17.5. The molecule has 132 valence electrons. The highest BCUT2D eigenvalue weighted by Gasteiger charge is 2.22. The van der Waals surface area contributed by atoms with Gasteiger partial charge in [0.05, 0.1) is 6.54 Å². The van der Waals surface area contributed by atoms with Crippen molar-refractivity contribution >= 4 is 27.7 Å². The Morgan fingerprint density at radius 1 is 1.25 bits per heavy atom. The van der Waals surface area contributed by atoms with Gasteiger partial charge in [-0.1, -0.05) is 22.0 Å². The predicted octanol–water partition coefficient (Wildman–Crippen LogP) is 2.23. The van der Waals surface area contributed by atoms with Crippen molar-refractivity contribution in [2.24, 2.45) is 0 Å². The number of ketones is 1. The molecule has 24 heavy (non-hydrogen) atoms. The highest BCUT2D eigenvalue weighted by molar-refractivity contribution is 9.10. The van der Waals surface area contributed by atoms with Gasteiger partial charge in [0, 0.05) is 42.8 Å². The number of ether oxygens (including phenoxy) is 1. The molecule has 1 atom stereocenters. The standard InChI is InChI=1S/C17H22BrFN2O3/c1-12(22)13(2)24-17(23)11-21-7-5-20(6-8-21)10-14-3-4-15(18)9-16(14)19/h3-4,9,13H,5-8,10-11H2,1-2H3/t13-/m0/s1. The van der Waals surface area contributed by atoms with Crippen LogP contribution in [0.2, 0.25) is 0 Å². The first-order chi connectivity index (χ1) is 11.3. The number of hydrogen-bond acceptors (Lipinski definition) is 5. The average molecular weight is 401 g/mol. The Morgan fingerprint density at radius 3 is 2.46 bits per heavy atom. The second-order valence-corrected chi connectivity index (χ2v) is 6.95. The first-order valence-corrected chi connectivity index (χ1v) is 8.73. The van der Waals surface area contributed by atoms with Gasteiger partial charge in [-0.25, -0.2) is 4.39 Å². The van der Waals surface area contributed by atoms with E-state index in [1.54, 1.807) is 13.0 Å². The third-order valence-electron chi connectivity index (χ3n) is 4.11. The lowest BCUT2D eigenvalue weighted by Crippen LogP contribution is -2.48. The Kier molecular flexibility index (Phi) is 6.89. The third-order valence-corrected chi connectivity index (χ3v) is 4.60. The van der Waals surface area contributed by atoms with E-state index in [0.29, 0.717) is 25.2 Å². The fraction of sp³-hybridized carbons (Fsp3) is 0.529. The number of piperazine rings is 1. The van der Waals surface area contributed by atoms with Crippen LogP contribution in [0.3, 0.4) is 0 Å². The molecule has 1 aromatic carbocycles. The van der Waals surface area contributed by atoms with Crippen LogP contribution in [-0.2, 0) is 20.9 Å². The van der Waals surface area contributed by atoms with Gasteiger partial charge in [-0.15, -0.1) is 0 Å². The minimum Gasteiger partial charge on any atom is -0.454 e. The lowest BCUT2D eigenvalue weighted by atomic mass is 10.2. The summed E-state index contributed by atoms with van der Waals surface area (Å²) < 4.78 is 19.7. The smallest absolute Gasteiger partial charge is 0.320 e. The maximum absolute atomic E-state index is 13.9. The molecule has 0 unspecified atom stereocenters. The summed E-state index contributed by atoms with van der Waals surface area (Å²) in [5.41, 5.74) is 0.668. The summed E-state index contributed by atoms with van der Waals surface area (Å²) in [5.74, 6) is -0.761. The first-order valence-electron chi connectivity index (χ1n) is 7.93. The van der Waals surface area contributed by atoms with Crippen LogP contribution in [0.1, 0.15) is 19.4 Å². The van der Waals surface area contributed by atoms with E-state index >= 15 is 0 Å². The Labute approximate surface area is 149 Å². The zero-order valence-corrected chi connectivity index (χ0v) is 15.5. The molecule has 1 aromatic rings. The SMILES string of the molecule is CC(=O)[C@H](C)OC(=O)CN1CCN(Cc2ccc(Br)cc2F)CC1. The lowest BCUT2D eigenvalue weighted by molar-refractivity contribution is -0.154. The van der Waals surface area contributed by atoms with Gasteiger partial charge in [-0.2, -0.15) is 0 Å². The number of nitrogens with zero attached hydrogens (tertiary/aromatic N) is 2. The third kappa shape index (κ3) is 5.65. The van der Waals surface area contributed by atoms with E-state index in [9.17, 15) is 14.0 Å². The highest BCUT2D eigenvalue weighted by Crippen LogP contribution is 2.17. The molecular formula is C17H22BrFN2O3. The number of Topliss-reactive ketones (excluding diaryl/α,β-unsaturated/α-hetero) is 1. The van der Waals surface area contributed by atoms with E-state index in [1.165, 1.54) is 13.0 Å². The van der Waals surface area contributed by atoms with E-state index < -0.39 is 6.10 Å². The topological polar surface area (TPSA) is 49.9 Å². The maximum atomic E-state index is 13.9. The van der Waals surface area contributed by atoms with E-state index in [-0.39, 0.29) is 24.1 Å². The van der Waals surface area contributed by atoms with Crippen LogP contribution in [0.25, 0.3) is 0 Å². The molecule has 1 aliphatic rings. The van der Waals surface area contributed by atoms with E-state index in [2.05, 4.69) is 20.8 Å². The van der Waals surface area contributed by atoms with Gasteiger partial charge in [0.25, 0.3) is 0 Å². The molecule has 0 aromatic heterocycles. The average Bonchev–Trinajstić information content (AvgIpc) is 2.51. The Bertz CT molecular complexity index is 603. The van der Waals surface area contributed by atoms with E-state index in [0.717, 1.165) is 17.6 Å². The lowest BCUT2D eigenvalue weighted by Gasteiger charge is -2.34. The summed E-state index contributed by atoms with van der Waals surface area (Å²) >= 11 is 3.25. The summed E-state index contributed by atoms with van der Waals surface area (Å²) in [4.78, 5) is 27.0. The number of halogens is 2. The van der Waals surface area contributed by atoms with Crippen molar-refractivity contribution in [2.75, 3.05) is 32.7 Å². The van der Waals surface area contributed by atoms with Crippen molar-refractivity contribution in [3.8, 4) is 0 Å². The van der Waals surface area contributed by atoms with E-state index in [4.69, 9.17) is 4.74 Å². The molecule has 0 N–H and O–H groups in total. The minimum absolute atomic E-state index is 0.162. The molecule has 0 saturated carbocycles. The fourth-order valence-corrected chi connectivity index (χ4v) is 2.83. The van der Waals surface area contributed by atoms with Crippen LogP contribution in [-0.4, -0.2) is 60.4 Å². The van der Waals surface area contributed by atoms with Gasteiger partial charge in [0.1, 0.15) is 5.82 Å². The quantitative estimate of drug-likeness (QED) is 0.685. The molecule has 0 bridgehead atoms. The van der Waals surface area contributed by atoms with Crippen molar-refractivity contribution in [3.05, 3.63) is 34.1 Å². The largest absolute Gasteiger partial charge is 0.454 e. The molecule has 1 heterocycles. The number of carbonyl (C=O) groups is 2. The molecule has 1 saturated heterocycles. The van der Waals surface area contributed by atoms with Crippen molar-refractivity contribution < 1.29 is 18.7 Å². The first kappa shape index (κ1) is 19.0. The summed E-state index contributed by atoms with van der Waals surface area (Å²) in [6.07, 6.45) is -0.695. The van der Waals surface area contributed by atoms with Crippen molar-refractivity contribution in [1.29, 1.82) is 0 Å². The van der Waals surface area contributed by atoms with Crippen LogP contribution < -0.4 is 0 Å². The summed E-state index contributed by atoms with van der Waals surface area (Å²) in [6.45, 7) is 6.64. The summed E-state index contributed by atoms with van der Waals surface area (Å²) in [5, 5.41) is 0. The molecule has 0 amide bonds.